The smallest absolute Gasteiger partial charge is 0.0327 e. The zero-order valence-corrected chi connectivity index (χ0v) is 12.7. The van der Waals surface area contributed by atoms with E-state index in [1.54, 1.807) is 0 Å². The molecule has 2 rings (SSSR count). The fourth-order valence-electron chi connectivity index (χ4n) is 3.93. The molecule has 0 aromatic rings. The van der Waals surface area contributed by atoms with Gasteiger partial charge in [0.25, 0.3) is 0 Å². The minimum atomic E-state index is 0.440. The maximum Gasteiger partial charge on any atom is 0.0327 e. The fraction of sp³-hybridized carbons (Fsp3) is 1.00. The lowest BCUT2D eigenvalue weighted by Gasteiger charge is -2.45. The molecule has 2 saturated carbocycles. The van der Waals surface area contributed by atoms with Crippen LogP contribution in [-0.4, -0.2) is 37.1 Å². The molecule has 18 heavy (non-hydrogen) atoms. The SMILES string of the molecule is CC1CCCCC1NCC1(N(C)C)CCCCC1. The fourth-order valence-corrected chi connectivity index (χ4v) is 3.93. The van der Waals surface area contributed by atoms with Crippen LogP contribution in [0.2, 0.25) is 0 Å². The van der Waals surface area contributed by atoms with Crippen molar-refractivity contribution >= 4 is 0 Å². The van der Waals surface area contributed by atoms with Gasteiger partial charge in [-0.3, -0.25) is 0 Å². The lowest BCUT2D eigenvalue weighted by molar-refractivity contribution is 0.0893. The summed E-state index contributed by atoms with van der Waals surface area (Å²) in [5, 5.41) is 3.92. The Balaban J connectivity index is 1.88. The van der Waals surface area contributed by atoms with E-state index in [1.807, 2.05) is 0 Å². The van der Waals surface area contributed by atoms with Crippen molar-refractivity contribution < 1.29 is 0 Å². The number of hydrogen-bond acceptors (Lipinski definition) is 2. The van der Waals surface area contributed by atoms with Crippen molar-refractivity contribution in [3.05, 3.63) is 0 Å². The van der Waals surface area contributed by atoms with Gasteiger partial charge in [-0.1, -0.05) is 39.0 Å². The molecule has 0 heterocycles. The molecule has 0 saturated heterocycles. The van der Waals surface area contributed by atoms with E-state index in [9.17, 15) is 0 Å². The van der Waals surface area contributed by atoms with Gasteiger partial charge in [0.05, 0.1) is 0 Å². The third-order valence-electron chi connectivity index (χ3n) is 5.54. The van der Waals surface area contributed by atoms with Gasteiger partial charge in [-0.25, -0.2) is 0 Å². The van der Waals surface area contributed by atoms with Gasteiger partial charge >= 0.3 is 0 Å². The van der Waals surface area contributed by atoms with E-state index in [0.717, 1.165) is 12.0 Å². The maximum atomic E-state index is 3.92. The highest BCUT2D eigenvalue weighted by Crippen LogP contribution is 2.32. The van der Waals surface area contributed by atoms with Gasteiger partial charge in [-0.05, 0) is 45.7 Å². The molecule has 2 aliphatic rings. The second-order valence-electron chi connectivity index (χ2n) is 6.93. The molecule has 2 fully saturated rings. The lowest BCUT2D eigenvalue weighted by atomic mass is 9.79. The highest BCUT2D eigenvalue weighted by Gasteiger charge is 2.35. The molecule has 2 aliphatic carbocycles. The van der Waals surface area contributed by atoms with E-state index < -0.39 is 0 Å². The summed E-state index contributed by atoms with van der Waals surface area (Å²) in [6, 6.07) is 0.775. The molecule has 0 aromatic heterocycles. The molecule has 2 unspecified atom stereocenters. The Morgan fingerprint density at radius 2 is 1.67 bits per heavy atom. The van der Waals surface area contributed by atoms with Gasteiger partial charge in [0.2, 0.25) is 0 Å². The molecule has 106 valence electrons. The number of likely N-dealkylation sites (N-methyl/N-ethyl adjacent to an activating group) is 1. The van der Waals surface area contributed by atoms with Crippen LogP contribution in [0.3, 0.4) is 0 Å². The second-order valence-corrected chi connectivity index (χ2v) is 6.93. The highest BCUT2D eigenvalue weighted by atomic mass is 15.2. The van der Waals surface area contributed by atoms with Crippen molar-refractivity contribution in [2.75, 3.05) is 20.6 Å². The molecule has 0 aromatic carbocycles. The molecule has 2 atom stereocenters. The van der Waals surface area contributed by atoms with Crippen molar-refractivity contribution in [2.24, 2.45) is 5.92 Å². The Bertz CT molecular complexity index is 243. The van der Waals surface area contributed by atoms with E-state index in [4.69, 9.17) is 0 Å². The van der Waals surface area contributed by atoms with Crippen LogP contribution in [0.5, 0.6) is 0 Å². The highest BCUT2D eigenvalue weighted by molar-refractivity contribution is 4.94. The van der Waals surface area contributed by atoms with Gasteiger partial charge in [0.1, 0.15) is 0 Å². The predicted octanol–water partition coefficient (Wildman–Crippen LogP) is 3.42. The minimum absolute atomic E-state index is 0.440. The van der Waals surface area contributed by atoms with Crippen molar-refractivity contribution in [3.63, 3.8) is 0 Å². The first kappa shape index (κ1) is 14.3. The lowest BCUT2D eigenvalue weighted by Crippen LogP contribution is -2.55. The number of nitrogens with zero attached hydrogens (tertiary/aromatic N) is 1. The van der Waals surface area contributed by atoms with E-state index in [2.05, 4.69) is 31.2 Å². The van der Waals surface area contributed by atoms with E-state index in [-0.39, 0.29) is 0 Å². The molecular formula is C16H32N2. The summed E-state index contributed by atoms with van der Waals surface area (Å²) in [5.74, 6) is 0.876. The molecule has 0 radical (unpaired) electrons. The van der Waals surface area contributed by atoms with Crippen molar-refractivity contribution in [3.8, 4) is 0 Å². The van der Waals surface area contributed by atoms with Gasteiger partial charge < -0.3 is 10.2 Å². The summed E-state index contributed by atoms with van der Waals surface area (Å²) in [6.45, 7) is 3.63. The zero-order chi connectivity index (χ0) is 13.0. The van der Waals surface area contributed by atoms with E-state index in [1.165, 1.54) is 64.3 Å². The molecule has 0 bridgehead atoms. The summed E-state index contributed by atoms with van der Waals surface area (Å²) in [4.78, 5) is 2.49. The van der Waals surface area contributed by atoms with Crippen LogP contribution in [0.1, 0.15) is 64.7 Å². The topological polar surface area (TPSA) is 15.3 Å². The molecule has 0 aliphatic heterocycles. The maximum absolute atomic E-state index is 3.92. The normalized spacial score (nSPS) is 32.7. The van der Waals surface area contributed by atoms with E-state index in [0.29, 0.717) is 5.54 Å². The first-order valence-electron chi connectivity index (χ1n) is 8.05. The molecule has 0 spiro atoms. The van der Waals surface area contributed by atoms with Crippen molar-refractivity contribution in [1.82, 2.24) is 10.2 Å². The number of nitrogens with one attached hydrogen (secondary N) is 1. The first-order chi connectivity index (χ1) is 8.64. The first-order valence-corrected chi connectivity index (χ1v) is 8.05. The summed E-state index contributed by atoms with van der Waals surface area (Å²) in [6.07, 6.45) is 12.7. The molecule has 0 amide bonds. The summed E-state index contributed by atoms with van der Waals surface area (Å²) >= 11 is 0. The molecule has 1 N–H and O–H groups in total. The summed E-state index contributed by atoms with van der Waals surface area (Å²) in [5.41, 5.74) is 0.440. The molecular weight excluding hydrogens is 220 g/mol. The Labute approximate surface area is 114 Å². The zero-order valence-electron chi connectivity index (χ0n) is 12.7. The van der Waals surface area contributed by atoms with Crippen molar-refractivity contribution in [1.29, 1.82) is 0 Å². The monoisotopic (exact) mass is 252 g/mol. The van der Waals surface area contributed by atoms with Crippen LogP contribution in [0.25, 0.3) is 0 Å². The average Bonchev–Trinajstić information content (AvgIpc) is 2.39. The quantitative estimate of drug-likeness (QED) is 0.825. The van der Waals surface area contributed by atoms with Gasteiger partial charge in [0.15, 0.2) is 0 Å². The third kappa shape index (κ3) is 3.27. The van der Waals surface area contributed by atoms with E-state index >= 15 is 0 Å². The largest absolute Gasteiger partial charge is 0.312 e. The Hall–Kier alpha value is -0.0800. The van der Waals surface area contributed by atoms with Gasteiger partial charge in [0, 0.05) is 18.1 Å². The van der Waals surface area contributed by atoms with Crippen LogP contribution in [0.15, 0.2) is 0 Å². The molecule has 2 heteroatoms. The average molecular weight is 252 g/mol. The van der Waals surface area contributed by atoms with Crippen LogP contribution in [0.4, 0.5) is 0 Å². The minimum Gasteiger partial charge on any atom is -0.312 e. The third-order valence-corrected chi connectivity index (χ3v) is 5.54. The van der Waals surface area contributed by atoms with Crippen LogP contribution in [0, 0.1) is 5.92 Å². The second kappa shape index (κ2) is 6.38. The van der Waals surface area contributed by atoms with Crippen molar-refractivity contribution in [2.45, 2.75) is 76.3 Å². The van der Waals surface area contributed by atoms with Crippen LogP contribution < -0.4 is 5.32 Å². The van der Waals surface area contributed by atoms with Crippen LogP contribution in [-0.2, 0) is 0 Å². The Morgan fingerprint density at radius 1 is 1.00 bits per heavy atom. The number of rotatable bonds is 4. The van der Waals surface area contributed by atoms with Gasteiger partial charge in [-0.15, -0.1) is 0 Å². The summed E-state index contributed by atoms with van der Waals surface area (Å²) in [7, 11) is 4.55. The van der Waals surface area contributed by atoms with Crippen LogP contribution >= 0.6 is 0 Å². The Morgan fingerprint density at radius 3 is 2.28 bits per heavy atom. The number of hydrogen-bond donors (Lipinski definition) is 1. The standard InChI is InChI=1S/C16H32N2/c1-14-9-5-6-10-15(14)17-13-16(18(2)3)11-7-4-8-12-16/h14-15,17H,4-13H2,1-3H3. The Kier molecular flexibility index (Phi) is 5.08. The summed E-state index contributed by atoms with van der Waals surface area (Å²) < 4.78 is 0. The van der Waals surface area contributed by atoms with Gasteiger partial charge in [-0.2, -0.15) is 0 Å². The predicted molar refractivity (Wildman–Crippen MR) is 78.9 cm³/mol. The molecule has 2 nitrogen and oxygen atoms in total.